The van der Waals surface area contributed by atoms with Crippen molar-refractivity contribution in [3.8, 4) is 5.88 Å². The molecule has 0 aromatic carbocycles. The maximum absolute atomic E-state index is 5.69. The van der Waals surface area contributed by atoms with Crippen LogP contribution in [-0.2, 0) is 6.42 Å². The van der Waals surface area contributed by atoms with Gasteiger partial charge in [-0.25, -0.2) is 4.98 Å². The van der Waals surface area contributed by atoms with Crippen LogP contribution in [0, 0.1) is 11.8 Å². The average molecular weight is 265 g/mol. The van der Waals surface area contributed by atoms with Gasteiger partial charge in [0.25, 0.3) is 0 Å². The van der Waals surface area contributed by atoms with Crippen molar-refractivity contribution >= 4 is 5.82 Å². The van der Waals surface area contributed by atoms with Crippen molar-refractivity contribution < 1.29 is 4.74 Å². The highest BCUT2D eigenvalue weighted by molar-refractivity contribution is 5.38. The average Bonchev–Trinajstić information content (AvgIpc) is 2.35. The Kier molecular flexibility index (Phi) is 6.60. The molecular formula is C15H27N3O. The molecule has 0 fully saturated rings. The molecule has 0 amide bonds. The van der Waals surface area contributed by atoms with E-state index in [1.165, 1.54) is 0 Å². The number of hydrogen-bond acceptors (Lipinski definition) is 4. The summed E-state index contributed by atoms with van der Waals surface area (Å²) in [5.41, 5.74) is 0. The molecule has 1 aromatic rings. The number of rotatable bonds is 8. The summed E-state index contributed by atoms with van der Waals surface area (Å²) in [7, 11) is 0. The monoisotopic (exact) mass is 265 g/mol. The van der Waals surface area contributed by atoms with Crippen LogP contribution in [0.1, 0.15) is 46.9 Å². The third kappa shape index (κ3) is 6.41. The van der Waals surface area contributed by atoms with Crippen LogP contribution in [0.5, 0.6) is 5.88 Å². The topological polar surface area (TPSA) is 47.0 Å². The fraction of sp³-hybridized carbons (Fsp3) is 0.733. The molecule has 0 spiro atoms. The first kappa shape index (κ1) is 15.7. The molecule has 0 atom stereocenters. The lowest BCUT2D eigenvalue weighted by Crippen LogP contribution is -2.10. The quantitative estimate of drug-likeness (QED) is 0.781. The van der Waals surface area contributed by atoms with E-state index in [2.05, 4.69) is 49.9 Å². The van der Waals surface area contributed by atoms with Crippen molar-refractivity contribution in [2.75, 3.05) is 18.5 Å². The molecule has 0 radical (unpaired) electrons. The van der Waals surface area contributed by atoms with Gasteiger partial charge < -0.3 is 10.1 Å². The van der Waals surface area contributed by atoms with Gasteiger partial charge in [-0.1, -0.05) is 34.6 Å². The molecule has 0 aliphatic rings. The molecular weight excluding hydrogens is 238 g/mol. The fourth-order valence-electron chi connectivity index (χ4n) is 1.54. The molecule has 1 N–H and O–H groups in total. The van der Waals surface area contributed by atoms with Crippen LogP contribution < -0.4 is 10.1 Å². The molecule has 0 bridgehead atoms. The zero-order chi connectivity index (χ0) is 14.3. The van der Waals surface area contributed by atoms with Crippen LogP contribution >= 0.6 is 0 Å². The summed E-state index contributed by atoms with van der Waals surface area (Å²) in [5.74, 6) is 3.56. The van der Waals surface area contributed by atoms with Crippen molar-refractivity contribution in [3.63, 3.8) is 0 Å². The van der Waals surface area contributed by atoms with Crippen LogP contribution in [0.4, 0.5) is 5.82 Å². The summed E-state index contributed by atoms with van der Waals surface area (Å²) in [6.07, 6.45) is 1.95. The number of nitrogens with one attached hydrogen (secondary N) is 1. The van der Waals surface area contributed by atoms with E-state index in [1.54, 1.807) is 0 Å². The zero-order valence-electron chi connectivity index (χ0n) is 12.9. The number of nitrogens with zero attached hydrogens (tertiary/aromatic N) is 2. The minimum Gasteiger partial charge on any atom is -0.477 e. The molecule has 4 nitrogen and oxygen atoms in total. The lowest BCUT2D eigenvalue weighted by atomic mass is 10.1. The van der Waals surface area contributed by atoms with Gasteiger partial charge in [0.15, 0.2) is 0 Å². The fourth-order valence-corrected chi connectivity index (χ4v) is 1.54. The highest BCUT2D eigenvalue weighted by Crippen LogP contribution is 2.15. The lowest BCUT2D eigenvalue weighted by Gasteiger charge is -2.12. The smallest absolute Gasteiger partial charge is 0.218 e. The number of anilines is 1. The summed E-state index contributed by atoms with van der Waals surface area (Å²) in [6, 6.07) is 1.89. The first-order chi connectivity index (χ1) is 9.01. The van der Waals surface area contributed by atoms with Crippen molar-refractivity contribution in [2.24, 2.45) is 11.8 Å². The van der Waals surface area contributed by atoms with E-state index in [4.69, 9.17) is 4.74 Å². The van der Waals surface area contributed by atoms with Gasteiger partial charge in [-0.2, -0.15) is 4.98 Å². The molecule has 0 saturated carbocycles. The predicted octanol–water partition coefficient (Wildman–Crippen LogP) is 3.53. The van der Waals surface area contributed by atoms with Gasteiger partial charge >= 0.3 is 0 Å². The second-order valence-corrected chi connectivity index (χ2v) is 5.68. The SMILES string of the molecule is CCc1nc(NCCC(C)C)cc(OCC(C)C)n1. The molecule has 0 unspecified atom stereocenters. The molecule has 0 aliphatic carbocycles. The molecule has 0 aliphatic heterocycles. The summed E-state index contributed by atoms with van der Waals surface area (Å²) in [5, 5.41) is 3.35. The van der Waals surface area contributed by atoms with Gasteiger partial charge in [0, 0.05) is 19.0 Å². The van der Waals surface area contributed by atoms with Gasteiger partial charge in [-0.3, -0.25) is 0 Å². The standard InChI is InChI=1S/C15H27N3O/c1-6-13-17-14(16-8-7-11(2)3)9-15(18-13)19-10-12(4)5/h9,11-12H,6-8,10H2,1-5H3,(H,16,17,18). The van der Waals surface area contributed by atoms with Crippen LogP contribution in [-0.4, -0.2) is 23.1 Å². The first-order valence-corrected chi connectivity index (χ1v) is 7.25. The lowest BCUT2D eigenvalue weighted by molar-refractivity contribution is 0.260. The van der Waals surface area contributed by atoms with E-state index in [9.17, 15) is 0 Å². The summed E-state index contributed by atoms with van der Waals surface area (Å²) < 4.78 is 5.69. The summed E-state index contributed by atoms with van der Waals surface area (Å²) in [4.78, 5) is 8.87. The van der Waals surface area contributed by atoms with E-state index in [0.29, 0.717) is 24.3 Å². The van der Waals surface area contributed by atoms with Gasteiger partial charge in [0.2, 0.25) is 5.88 Å². The van der Waals surface area contributed by atoms with Gasteiger partial charge in [0.05, 0.1) is 6.61 Å². The van der Waals surface area contributed by atoms with Crippen molar-refractivity contribution in [1.29, 1.82) is 0 Å². The van der Waals surface area contributed by atoms with Gasteiger partial charge in [-0.15, -0.1) is 0 Å². The Morgan fingerprint density at radius 3 is 2.47 bits per heavy atom. The van der Waals surface area contributed by atoms with Crippen LogP contribution in [0.15, 0.2) is 6.07 Å². The molecule has 1 heterocycles. The third-order valence-electron chi connectivity index (χ3n) is 2.66. The molecule has 108 valence electrons. The van der Waals surface area contributed by atoms with E-state index >= 15 is 0 Å². The third-order valence-corrected chi connectivity index (χ3v) is 2.66. The second kappa shape index (κ2) is 7.97. The van der Waals surface area contributed by atoms with Crippen molar-refractivity contribution in [2.45, 2.75) is 47.5 Å². The minimum absolute atomic E-state index is 0.498. The maximum Gasteiger partial charge on any atom is 0.218 e. The first-order valence-electron chi connectivity index (χ1n) is 7.25. The number of aromatic nitrogens is 2. The zero-order valence-corrected chi connectivity index (χ0v) is 12.9. The molecule has 1 rings (SSSR count). The second-order valence-electron chi connectivity index (χ2n) is 5.68. The highest BCUT2D eigenvalue weighted by atomic mass is 16.5. The van der Waals surface area contributed by atoms with Gasteiger partial charge in [0.1, 0.15) is 11.6 Å². The molecule has 0 saturated heterocycles. The maximum atomic E-state index is 5.69. The minimum atomic E-state index is 0.498. The largest absolute Gasteiger partial charge is 0.477 e. The summed E-state index contributed by atoms with van der Waals surface area (Å²) in [6.45, 7) is 12.4. The molecule has 19 heavy (non-hydrogen) atoms. The Bertz CT molecular complexity index is 378. The van der Waals surface area contributed by atoms with Gasteiger partial charge in [-0.05, 0) is 18.3 Å². The Labute approximate surface area is 117 Å². The normalized spacial score (nSPS) is 11.1. The Morgan fingerprint density at radius 1 is 1.16 bits per heavy atom. The highest BCUT2D eigenvalue weighted by Gasteiger charge is 2.05. The Morgan fingerprint density at radius 2 is 1.89 bits per heavy atom. The van der Waals surface area contributed by atoms with E-state index in [0.717, 1.165) is 31.0 Å². The molecule has 4 heteroatoms. The number of hydrogen-bond donors (Lipinski definition) is 1. The van der Waals surface area contributed by atoms with Crippen molar-refractivity contribution in [3.05, 3.63) is 11.9 Å². The van der Waals surface area contributed by atoms with E-state index < -0.39 is 0 Å². The summed E-state index contributed by atoms with van der Waals surface area (Å²) >= 11 is 0. The number of ether oxygens (including phenoxy) is 1. The van der Waals surface area contributed by atoms with Crippen LogP contribution in [0.2, 0.25) is 0 Å². The Balaban J connectivity index is 2.66. The Hall–Kier alpha value is -1.32. The number of aryl methyl sites for hydroxylation is 1. The van der Waals surface area contributed by atoms with Crippen LogP contribution in [0.25, 0.3) is 0 Å². The van der Waals surface area contributed by atoms with Crippen molar-refractivity contribution in [1.82, 2.24) is 9.97 Å². The van der Waals surface area contributed by atoms with Crippen LogP contribution in [0.3, 0.4) is 0 Å². The van der Waals surface area contributed by atoms with E-state index in [-0.39, 0.29) is 0 Å². The predicted molar refractivity (Wildman–Crippen MR) is 79.7 cm³/mol. The molecule has 1 aromatic heterocycles. The van der Waals surface area contributed by atoms with E-state index in [1.807, 2.05) is 6.07 Å².